The lowest BCUT2D eigenvalue weighted by Crippen LogP contribution is -2.25. The van der Waals surface area contributed by atoms with Gasteiger partial charge in [0.15, 0.2) is 5.16 Å². The Morgan fingerprint density at radius 2 is 1.78 bits per heavy atom. The first kappa shape index (κ1) is 15.5. The third kappa shape index (κ3) is 4.96. The fourth-order valence-electron chi connectivity index (χ4n) is 1.39. The van der Waals surface area contributed by atoms with Crippen LogP contribution in [0.25, 0.3) is 0 Å². The molecular weight excluding hydrogens is 270 g/mol. The highest BCUT2D eigenvalue weighted by molar-refractivity contribution is 7.99. The second kappa shape index (κ2) is 7.76. The summed E-state index contributed by atoms with van der Waals surface area (Å²) in [6.07, 6.45) is 0. The van der Waals surface area contributed by atoms with E-state index in [4.69, 9.17) is 11.6 Å². The summed E-state index contributed by atoms with van der Waals surface area (Å²) in [5.41, 5.74) is 0. The van der Waals surface area contributed by atoms with Gasteiger partial charge in [-0.15, -0.1) is 0 Å². The van der Waals surface area contributed by atoms with E-state index >= 15 is 0 Å². The number of thioether (sulfide) groups is 1. The van der Waals surface area contributed by atoms with E-state index in [0.717, 1.165) is 25.4 Å². The lowest BCUT2D eigenvalue weighted by Gasteiger charge is -2.17. The Kier molecular flexibility index (Phi) is 6.67. The molecule has 0 aromatic carbocycles. The number of nitrogens with zero attached hydrogens (tertiary/aromatic N) is 5. The highest BCUT2D eigenvalue weighted by Gasteiger charge is 2.07. The molecule has 0 aliphatic rings. The Morgan fingerprint density at radius 3 is 2.33 bits per heavy atom. The molecule has 0 atom stereocenters. The fraction of sp³-hybridized carbons (Fsp3) is 0.727. The highest BCUT2D eigenvalue weighted by Crippen LogP contribution is 2.17. The molecule has 0 aliphatic heterocycles. The molecule has 7 heteroatoms. The van der Waals surface area contributed by atoms with Crippen LogP contribution < -0.4 is 4.90 Å². The van der Waals surface area contributed by atoms with Gasteiger partial charge in [0.2, 0.25) is 11.2 Å². The summed E-state index contributed by atoms with van der Waals surface area (Å²) in [5, 5.41) is 0.935. The number of hydrogen-bond acceptors (Lipinski definition) is 6. The lowest BCUT2D eigenvalue weighted by atomic mass is 10.5. The largest absolute Gasteiger partial charge is 0.347 e. The van der Waals surface area contributed by atoms with Gasteiger partial charge < -0.3 is 9.80 Å². The van der Waals surface area contributed by atoms with Crippen LogP contribution in [-0.4, -0.2) is 59.3 Å². The molecule has 1 heterocycles. The molecule has 0 saturated heterocycles. The van der Waals surface area contributed by atoms with Gasteiger partial charge in [-0.2, -0.15) is 15.0 Å². The van der Waals surface area contributed by atoms with Crippen LogP contribution in [0, 0.1) is 0 Å². The Morgan fingerprint density at radius 1 is 1.11 bits per heavy atom. The SMILES string of the molecule is CCN(CC)CCSc1nc(Cl)nc(N(C)C)n1. The van der Waals surface area contributed by atoms with Crippen LogP contribution in [0.1, 0.15) is 13.8 Å². The minimum atomic E-state index is 0.249. The highest BCUT2D eigenvalue weighted by atomic mass is 35.5. The van der Waals surface area contributed by atoms with Crippen molar-refractivity contribution < 1.29 is 0 Å². The zero-order valence-corrected chi connectivity index (χ0v) is 12.9. The van der Waals surface area contributed by atoms with Gasteiger partial charge in [-0.1, -0.05) is 25.6 Å². The van der Waals surface area contributed by atoms with Gasteiger partial charge in [0.25, 0.3) is 0 Å². The molecule has 0 fully saturated rings. The number of anilines is 1. The van der Waals surface area contributed by atoms with E-state index in [1.807, 2.05) is 19.0 Å². The zero-order chi connectivity index (χ0) is 13.5. The maximum absolute atomic E-state index is 5.88. The van der Waals surface area contributed by atoms with E-state index in [1.54, 1.807) is 11.8 Å². The molecule has 0 unspecified atom stereocenters. The third-order valence-corrected chi connectivity index (χ3v) is 3.51. The Bertz CT molecular complexity index is 370. The molecule has 5 nitrogen and oxygen atoms in total. The van der Waals surface area contributed by atoms with Crippen LogP contribution in [0.15, 0.2) is 5.16 Å². The smallest absolute Gasteiger partial charge is 0.230 e. The zero-order valence-electron chi connectivity index (χ0n) is 11.4. The van der Waals surface area contributed by atoms with Crippen LogP contribution in [0.4, 0.5) is 5.95 Å². The van der Waals surface area contributed by atoms with Gasteiger partial charge in [0.05, 0.1) is 0 Å². The maximum Gasteiger partial charge on any atom is 0.230 e. The average molecular weight is 290 g/mol. The van der Waals surface area contributed by atoms with Gasteiger partial charge >= 0.3 is 0 Å². The van der Waals surface area contributed by atoms with E-state index in [2.05, 4.69) is 33.7 Å². The first-order chi connectivity index (χ1) is 8.56. The molecule has 1 aromatic heterocycles. The van der Waals surface area contributed by atoms with Gasteiger partial charge in [0, 0.05) is 26.4 Å². The molecule has 0 aliphatic carbocycles. The lowest BCUT2D eigenvalue weighted by molar-refractivity contribution is 0.324. The third-order valence-electron chi connectivity index (χ3n) is 2.51. The Hall–Kier alpha value is -0.590. The summed E-state index contributed by atoms with van der Waals surface area (Å²) in [7, 11) is 3.77. The molecule has 0 amide bonds. The monoisotopic (exact) mass is 289 g/mol. The average Bonchev–Trinajstić information content (AvgIpc) is 2.34. The standard InChI is InChI=1S/C11H20ClN5S/c1-5-17(6-2)7-8-18-11-14-9(12)13-10(15-11)16(3)4/h5-8H2,1-4H3. The van der Waals surface area contributed by atoms with Crippen LogP contribution in [0.3, 0.4) is 0 Å². The normalized spacial score (nSPS) is 11.0. The van der Waals surface area contributed by atoms with Gasteiger partial charge in [-0.3, -0.25) is 0 Å². The first-order valence-corrected chi connectivity index (χ1v) is 7.37. The van der Waals surface area contributed by atoms with Crippen LogP contribution in [0.5, 0.6) is 0 Å². The van der Waals surface area contributed by atoms with Crippen molar-refractivity contribution in [2.24, 2.45) is 0 Å². The molecule has 0 spiro atoms. The van der Waals surface area contributed by atoms with Gasteiger partial charge in [-0.25, -0.2) is 0 Å². The van der Waals surface area contributed by atoms with Crippen LogP contribution in [0.2, 0.25) is 5.28 Å². The van der Waals surface area contributed by atoms with Crippen molar-refractivity contribution >= 4 is 29.3 Å². The number of aromatic nitrogens is 3. The first-order valence-electron chi connectivity index (χ1n) is 6.00. The Balaban J connectivity index is 2.56. The summed E-state index contributed by atoms with van der Waals surface area (Å²) in [6, 6.07) is 0. The van der Waals surface area contributed by atoms with Crippen molar-refractivity contribution in [1.29, 1.82) is 0 Å². The van der Waals surface area contributed by atoms with Crippen molar-refractivity contribution in [3.05, 3.63) is 5.28 Å². The van der Waals surface area contributed by atoms with E-state index in [1.165, 1.54) is 0 Å². The molecule has 0 N–H and O–H groups in total. The summed E-state index contributed by atoms with van der Waals surface area (Å²) in [6.45, 7) is 7.49. The number of halogens is 1. The molecule has 0 radical (unpaired) electrons. The van der Waals surface area contributed by atoms with E-state index in [-0.39, 0.29) is 5.28 Å². The summed E-state index contributed by atoms with van der Waals surface area (Å²) in [4.78, 5) is 16.7. The second-order valence-electron chi connectivity index (χ2n) is 3.96. The molecule has 0 bridgehead atoms. The van der Waals surface area contributed by atoms with Crippen LogP contribution >= 0.6 is 23.4 Å². The molecular formula is C11H20ClN5S. The van der Waals surface area contributed by atoms with Crippen molar-refractivity contribution in [2.45, 2.75) is 19.0 Å². The van der Waals surface area contributed by atoms with E-state index < -0.39 is 0 Å². The minimum Gasteiger partial charge on any atom is -0.347 e. The maximum atomic E-state index is 5.88. The topological polar surface area (TPSA) is 45.2 Å². The van der Waals surface area contributed by atoms with Crippen molar-refractivity contribution in [3.8, 4) is 0 Å². The van der Waals surface area contributed by atoms with Crippen molar-refractivity contribution in [2.75, 3.05) is 44.4 Å². The fourth-order valence-corrected chi connectivity index (χ4v) is 2.43. The number of rotatable bonds is 7. The summed E-state index contributed by atoms with van der Waals surface area (Å²) in [5.74, 6) is 1.55. The predicted molar refractivity (Wildman–Crippen MR) is 77.7 cm³/mol. The van der Waals surface area contributed by atoms with Crippen molar-refractivity contribution in [3.63, 3.8) is 0 Å². The molecule has 1 aromatic rings. The van der Waals surface area contributed by atoms with E-state index in [9.17, 15) is 0 Å². The Labute approximate surface area is 118 Å². The predicted octanol–water partition coefficient (Wildman–Crippen LogP) is 2.02. The van der Waals surface area contributed by atoms with Gasteiger partial charge in [0.1, 0.15) is 0 Å². The minimum absolute atomic E-state index is 0.249. The summed E-state index contributed by atoms with van der Waals surface area (Å²) < 4.78 is 0. The molecule has 0 saturated carbocycles. The molecule has 1 rings (SSSR count). The molecule has 102 valence electrons. The van der Waals surface area contributed by atoms with Gasteiger partial charge in [-0.05, 0) is 24.7 Å². The van der Waals surface area contributed by atoms with Crippen molar-refractivity contribution in [1.82, 2.24) is 19.9 Å². The summed E-state index contributed by atoms with van der Waals surface area (Å²) >= 11 is 7.49. The molecule has 18 heavy (non-hydrogen) atoms. The van der Waals surface area contributed by atoms with Crippen LogP contribution in [-0.2, 0) is 0 Å². The number of hydrogen-bond donors (Lipinski definition) is 0. The van der Waals surface area contributed by atoms with E-state index in [0.29, 0.717) is 11.1 Å². The quantitative estimate of drug-likeness (QED) is 0.716. The second-order valence-corrected chi connectivity index (χ2v) is 5.36.